The van der Waals surface area contributed by atoms with Crippen LogP contribution in [0.15, 0.2) is 91.9 Å². The summed E-state index contributed by atoms with van der Waals surface area (Å²) in [5.74, 6) is -0.999. The number of aryl methyl sites for hydroxylation is 1. The van der Waals surface area contributed by atoms with Gasteiger partial charge in [-0.25, -0.2) is 0 Å². The van der Waals surface area contributed by atoms with Crippen LogP contribution in [0.25, 0.3) is 11.6 Å². The Kier molecular flexibility index (Phi) is 14.6. The molecule has 0 bridgehead atoms. The van der Waals surface area contributed by atoms with Gasteiger partial charge in [-0.1, -0.05) is 52.2 Å². The van der Waals surface area contributed by atoms with Crippen LogP contribution in [-0.2, 0) is 27.2 Å². The standard InChI is InChI=1S/C44H54O7/c1-26(2)20-33-25-51-44(35(33)15-11-13-29(6)16-18-36-38(46)23-31(8)24-39(36)47)40-32(9)41(48)43(50)37(42(40)49)19-17-28(5)12-10-14-30(7)22-34(45)21-27(3)4/h14,16-17,20-21,23-25,46-47,49H,10-13,15,18-19,22H2,1-9H3. The van der Waals surface area contributed by atoms with Crippen molar-refractivity contribution in [2.24, 2.45) is 0 Å². The van der Waals surface area contributed by atoms with Crippen LogP contribution >= 0.6 is 0 Å². The molecule has 51 heavy (non-hydrogen) atoms. The van der Waals surface area contributed by atoms with Crippen LogP contribution < -0.4 is 0 Å². The Balaban J connectivity index is 1.83. The number of phenolic OH excluding ortho intramolecular Hbond substituents is 2. The van der Waals surface area contributed by atoms with Gasteiger partial charge >= 0.3 is 0 Å². The number of aliphatic hydroxyl groups is 1. The Morgan fingerprint density at radius 3 is 2.02 bits per heavy atom. The SMILES string of the molecule is CC(C)=CC(=O)CC(C)=CCCC(C)=CCC1=C(O)C(c2occ(C=C(C)C)c2CCCC(C)=CCc2c(O)cc(C)cc2O)=C(C)C(=O)C1=O. The van der Waals surface area contributed by atoms with E-state index in [1.165, 1.54) is 0 Å². The highest BCUT2D eigenvalue weighted by Gasteiger charge is 2.35. The van der Waals surface area contributed by atoms with Crippen molar-refractivity contribution < 1.29 is 34.1 Å². The molecule has 1 aliphatic rings. The van der Waals surface area contributed by atoms with Crippen LogP contribution in [0.4, 0.5) is 0 Å². The Bertz CT molecular complexity index is 1860. The van der Waals surface area contributed by atoms with Gasteiger partial charge in [-0.3, -0.25) is 14.4 Å². The van der Waals surface area contributed by atoms with Gasteiger partial charge in [0.1, 0.15) is 23.0 Å². The summed E-state index contributed by atoms with van der Waals surface area (Å²) < 4.78 is 6.08. The predicted octanol–water partition coefficient (Wildman–Crippen LogP) is 10.7. The third-order valence-electron chi connectivity index (χ3n) is 8.90. The van der Waals surface area contributed by atoms with Gasteiger partial charge in [0, 0.05) is 34.3 Å². The molecule has 7 heteroatoms. The smallest absolute Gasteiger partial charge is 0.233 e. The van der Waals surface area contributed by atoms with Crippen LogP contribution in [0.1, 0.15) is 122 Å². The number of aliphatic hydroxyl groups excluding tert-OH is 1. The maximum atomic E-state index is 13.3. The molecule has 0 fully saturated rings. The van der Waals surface area contributed by atoms with E-state index in [0.29, 0.717) is 37.0 Å². The number of carbonyl (C=O) groups is 3. The first-order valence-corrected chi connectivity index (χ1v) is 17.6. The number of aromatic hydroxyl groups is 2. The number of Topliss-reactive ketones (excluding diaryl/α,β-unsaturated/α-hetero) is 2. The van der Waals surface area contributed by atoms with E-state index in [1.807, 2.05) is 79.7 Å². The summed E-state index contributed by atoms with van der Waals surface area (Å²) in [5, 5.41) is 32.2. The van der Waals surface area contributed by atoms with E-state index < -0.39 is 11.6 Å². The van der Waals surface area contributed by atoms with Crippen molar-refractivity contribution in [2.75, 3.05) is 0 Å². The maximum absolute atomic E-state index is 13.3. The lowest BCUT2D eigenvalue weighted by Crippen LogP contribution is -2.25. The number of benzene rings is 1. The number of allylic oxidation sites excluding steroid dienone is 12. The van der Waals surface area contributed by atoms with Crippen LogP contribution in [0, 0.1) is 6.92 Å². The zero-order valence-corrected chi connectivity index (χ0v) is 31.8. The molecule has 0 spiro atoms. The maximum Gasteiger partial charge on any atom is 0.233 e. The third kappa shape index (κ3) is 11.3. The first-order chi connectivity index (χ1) is 24.0. The van der Waals surface area contributed by atoms with Gasteiger partial charge in [-0.15, -0.1) is 0 Å². The van der Waals surface area contributed by atoms with Crippen molar-refractivity contribution in [3.05, 3.63) is 115 Å². The number of ketones is 3. The summed E-state index contributed by atoms with van der Waals surface area (Å²) >= 11 is 0. The molecular formula is C44H54O7. The highest BCUT2D eigenvalue weighted by molar-refractivity contribution is 6.52. The van der Waals surface area contributed by atoms with Crippen molar-refractivity contribution in [3.8, 4) is 11.5 Å². The first kappa shape index (κ1) is 40.5. The molecule has 0 saturated carbocycles. The third-order valence-corrected chi connectivity index (χ3v) is 8.90. The van der Waals surface area contributed by atoms with E-state index in [9.17, 15) is 29.7 Å². The summed E-state index contributed by atoms with van der Waals surface area (Å²) in [7, 11) is 0. The normalized spacial score (nSPS) is 14.4. The van der Waals surface area contributed by atoms with Crippen LogP contribution in [0.5, 0.6) is 11.5 Å². The molecule has 0 radical (unpaired) electrons. The molecule has 3 rings (SSSR count). The minimum atomic E-state index is -0.713. The molecule has 2 aromatic rings. The first-order valence-electron chi connectivity index (χ1n) is 17.6. The second-order valence-corrected chi connectivity index (χ2v) is 14.3. The molecule has 272 valence electrons. The fraction of sp³-hybridized carbons (Fsp3) is 0.386. The molecule has 1 aliphatic carbocycles. The van der Waals surface area contributed by atoms with E-state index in [0.717, 1.165) is 63.8 Å². The van der Waals surface area contributed by atoms with Gasteiger partial charge in [0.15, 0.2) is 5.78 Å². The quantitative estimate of drug-likeness (QED) is 0.0691. The molecule has 3 N–H and O–H groups in total. The van der Waals surface area contributed by atoms with Crippen LogP contribution in [0.2, 0.25) is 0 Å². The molecular weight excluding hydrogens is 640 g/mol. The Labute approximate surface area is 303 Å². The number of rotatable bonds is 16. The molecule has 1 aromatic carbocycles. The zero-order chi connectivity index (χ0) is 38.0. The topological polar surface area (TPSA) is 125 Å². The molecule has 0 atom stereocenters. The molecule has 0 aliphatic heterocycles. The Hall–Kier alpha value is -4.91. The number of carbonyl (C=O) groups excluding carboxylic acids is 3. The highest BCUT2D eigenvalue weighted by Crippen LogP contribution is 2.39. The van der Waals surface area contributed by atoms with Gasteiger partial charge in [0.25, 0.3) is 0 Å². The number of phenols is 2. The summed E-state index contributed by atoms with van der Waals surface area (Å²) in [6.45, 7) is 17.0. The molecule has 1 heterocycles. The molecule has 1 aromatic heterocycles. The summed E-state index contributed by atoms with van der Waals surface area (Å²) in [4.78, 5) is 38.5. The summed E-state index contributed by atoms with van der Waals surface area (Å²) in [5.41, 5.74) is 8.54. The van der Waals surface area contributed by atoms with Crippen molar-refractivity contribution >= 4 is 29.0 Å². The molecule has 0 saturated heterocycles. The number of hydrogen-bond donors (Lipinski definition) is 3. The second kappa shape index (κ2) is 18.4. The minimum Gasteiger partial charge on any atom is -0.508 e. The lowest BCUT2D eigenvalue weighted by atomic mass is 9.84. The van der Waals surface area contributed by atoms with E-state index in [1.54, 1.807) is 31.4 Å². The van der Waals surface area contributed by atoms with Gasteiger partial charge < -0.3 is 19.7 Å². The number of hydrogen-bond acceptors (Lipinski definition) is 7. The zero-order valence-electron chi connectivity index (χ0n) is 31.8. The van der Waals surface area contributed by atoms with E-state index in [2.05, 4.69) is 0 Å². The summed E-state index contributed by atoms with van der Waals surface area (Å²) in [6.07, 6.45) is 15.6. The fourth-order valence-electron chi connectivity index (χ4n) is 6.17. The largest absolute Gasteiger partial charge is 0.508 e. The minimum absolute atomic E-state index is 0.0477. The van der Waals surface area contributed by atoms with Crippen molar-refractivity contribution in [2.45, 2.75) is 114 Å². The number of furan rings is 1. The van der Waals surface area contributed by atoms with Gasteiger partial charge in [0.05, 0.1) is 11.8 Å². The summed E-state index contributed by atoms with van der Waals surface area (Å²) in [6, 6.07) is 3.27. The van der Waals surface area contributed by atoms with Crippen molar-refractivity contribution in [3.63, 3.8) is 0 Å². The second-order valence-electron chi connectivity index (χ2n) is 14.3. The van der Waals surface area contributed by atoms with E-state index >= 15 is 0 Å². The lowest BCUT2D eigenvalue weighted by molar-refractivity contribution is -0.132. The average Bonchev–Trinajstić information content (AvgIpc) is 3.39. The lowest BCUT2D eigenvalue weighted by Gasteiger charge is -2.19. The molecule has 7 nitrogen and oxygen atoms in total. The van der Waals surface area contributed by atoms with Crippen molar-refractivity contribution in [1.82, 2.24) is 0 Å². The predicted molar refractivity (Wildman–Crippen MR) is 206 cm³/mol. The van der Waals surface area contributed by atoms with Gasteiger partial charge in [-0.2, -0.15) is 0 Å². The van der Waals surface area contributed by atoms with E-state index in [4.69, 9.17) is 4.42 Å². The van der Waals surface area contributed by atoms with Crippen molar-refractivity contribution in [1.29, 1.82) is 0 Å². The monoisotopic (exact) mass is 694 g/mol. The Morgan fingerprint density at radius 1 is 0.765 bits per heavy atom. The Morgan fingerprint density at radius 2 is 1.39 bits per heavy atom. The van der Waals surface area contributed by atoms with Crippen LogP contribution in [0.3, 0.4) is 0 Å². The molecule has 0 amide bonds. The highest BCUT2D eigenvalue weighted by atomic mass is 16.3. The van der Waals surface area contributed by atoms with Gasteiger partial charge in [0.2, 0.25) is 11.6 Å². The fourth-order valence-corrected chi connectivity index (χ4v) is 6.17. The van der Waals surface area contributed by atoms with Gasteiger partial charge in [-0.05, 0) is 131 Å². The van der Waals surface area contributed by atoms with Crippen LogP contribution in [-0.4, -0.2) is 32.7 Å². The van der Waals surface area contributed by atoms with E-state index in [-0.39, 0.29) is 46.2 Å². The molecule has 0 unspecified atom stereocenters. The average molecular weight is 695 g/mol.